The number of aromatic nitrogens is 3. The van der Waals surface area contributed by atoms with Gasteiger partial charge in [-0.25, -0.2) is 9.89 Å². The number of anilines is 1. The van der Waals surface area contributed by atoms with E-state index in [0.717, 1.165) is 4.47 Å². The van der Waals surface area contributed by atoms with Gasteiger partial charge in [0, 0.05) is 5.56 Å². The van der Waals surface area contributed by atoms with Crippen LogP contribution in [0.1, 0.15) is 5.56 Å². The predicted octanol–water partition coefficient (Wildman–Crippen LogP) is 2.15. The Labute approximate surface area is 142 Å². The van der Waals surface area contributed by atoms with Crippen LogP contribution >= 0.6 is 31.9 Å². The number of nitrogens with one attached hydrogen (secondary N) is 2. The maximum absolute atomic E-state index is 11.0. The van der Waals surface area contributed by atoms with Gasteiger partial charge in [0.05, 0.1) is 31.1 Å². The molecule has 0 fully saturated rings. The second-order valence-electron chi connectivity index (χ2n) is 3.87. The van der Waals surface area contributed by atoms with Crippen LogP contribution in [0, 0.1) is 0 Å². The Morgan fingerprint density at radius 1 is 1.32 bits per heavy atom. The lowest BCUT2D eigenvalue weighted by molar-refractivity contribution is 0.387. The SMILES string of the molecule is COc1c(Br)cc(/C=N/Nc2cn[nH]c(=O)n2)c(OC)c1Br. The Hall–Kier alpha value is -1.94. The normalized spacial score (nSPS) is 10.7. The van der Waals surface area contributed by atoms with Crippen LogP contribution in [0.4, 0.5) is 5.82 Å². The summed E-state index contributed by atoms with van der Waals surface area (Å²) in [6.07, 6.45) is 2.87. The van der Waals surface area contributed by atoms with E-state index in [9.17, 15) is 4.79 Å². The van der Waals surface area contributed by atoms with Gasteiger partial charge in [-0.3, -0.25) is 5.43 Å². The van der Waals surface area contributed by atoms with Crippen LogP contribution < -0.4 is 20.6 Å². The fourth-order valence-corrected chi connectivity index (χ4v) is 3.27. The van der Waals surface area contributed by atoms with Gasteiger partial charge in [-0.2, -0.15) is 15.2 Å². The number of rotatable bonds is 5. The number of benzene rings is 1. The molecule has 0 aliphatic rings. The van der Waals surface area contributed by atoms with Crippen LogP contribution in [0.2, 0.25) is 0 Å². The van der Waals surface area contributed by atoms with E-state index in [0.29, 0.717) is 21.5 Å². The summed E-state index contributed by atoms with van der Waals surface area (Å²) in [5, 5.41) is 9.78. The van der Waals surface area contributed by atoms with E-state index in [1.54, 1.807) is 20.3 Å². The molecule has 0 saturated carbocycles. The number of aromatic amines is 1. The molecule has 2 aromatic rings. The monoisotopic (exact) mass is 431 g/mol. The second kappa shape index (κ2) is 7.36. The highest BCUT2D eigenvalue weighted by atomic mass is 79.9. The van der Waals surface area contributed by atoms with E-state index in [4.69, 9.17) is 9.47 Å². The Morgan fingerprint density at radius 3 is 2.68 bits per heavy atom. The Bertz CT molecular complexity index is 763. The fourth-order valence-electron chi connectivity index (χ4n) is 1.63. The summed E-state index contributed by atoms with van der Waals surface area (Å²) in [4.78, 5) is 14.7. The largest absolute Gasteiger partial charge is 0.495 e. The molecule has 0 aliphatic heterocycles. The van der Waals surface area contributed by atoms with E-state index < -0.39 is 5.69 Å². The van der Waals surface area contributed by atoms with Gasteiger partial charge in [0.2, 0.25) is 0 Å². The molecule has 2 rings (SSSR count). The highest BCUT2D eigenvalue weighted by Crippen LogP contribution is 2.42. The Balaban J connectivity index is 2.29. The first-order valence-corrected chi connectivity index (χ1v) is 7.46. The number of ether oxygens (including phenoxy) is 2. The first kappa shape index (κ1) is 16.4. The van der Waals surface area contributed by atoms with E-state index in [1.807, 2.05) is 0 Å². The summed E-state index contributed by atoms with van der Waals surface area (Å²) in [5.41, 5.74) is 2.74. The van der Waals surface area contributed by atoms with Gasteiger partial charge in [-0.15, -0.1) is 0 Å². The van der Waals surface area contributed by atoms with Crippen molar-refractivity contribution in [1.82, 2.24) is 15.2 Å². The zero-order valence-electron chi connectivity index (χ0n) is 11.6. The van der Waals surface area contributed by atoms with Gasteiger partial charge in [0.15, 0.2) is 11.6 Å². The summed E-state index contributed by atoms with van der Waals surface area (Å²) in [5.74, 6) is 1.40. The Morgan fingerprint density at radius 2 is 2.05 bits per heavy atom. The number of halogens is 2. The lowest BCUT2D eigenvalue weighted by Crippen LogP contribution is -2.13. The summed E-state index contributed by atoms with van der Waals surface area (Å²) in [6, 6.07) is 1.79. The first-order valence-electron chi connectivity index (χ1n) is 5.87. The average Bonchev–Trinajstić information content (AvgIpc) is 2.48. The quantitative estimate of drug-likeness (QED) is 0.554. The maximum atomic E-state index is 11.0. The molecule has 1 aromatic heterocycles. The number of nitrogens with zero attached hydrogens (tertiary/aromatic N) is 3. The number of hydrogen-bond acceptors (Lipinski definition) is 7. The topological polar surface area (TPSA) is 101 Å². The minimum Gasteiger partial charge on any atom is -0.495 e. The van der Waals surface area contributed by atoms with Crippen molar-refractivity contribution in [2.75, 3.05) is 19.6 Å². The third kappa shape index (κ3) is 3.63. The van der Waals surface area contributed by atoms with E-state index in [1.165, 1.54) is 12.4 Å². The van der Waals surface area contributed by atoms with Crippen molar-refractivity contribution >= 4 is 43.9 Å². The zero-order valence-corrected chi connectivity index (χ0v) is 14.7. The molecule has 0 saturated heterocycles. The van der Waals surface area contributed by atoms with Crippen LogP contribution in [0.15, 0.2) is 31.1 Å². The molecule has 0 unspecified atom stereocenters. The third-order valence-corrected chi connectivity index (χ3v) is 3.83. The van der Waals surface area contributed by atoms with Gasteiger partial charge in [0.25, 0.3) is 0 Å². The summed E-state index contributed by atoms with van der Waals surface area (Å²) in [6.45, 7) is 0. The smallest absolute Gasteiger partial charge is 0.363 e. The number of methoxy groups -OCH3 is 2. The summed E-state index contributed by atoms with van der Waals surface area (Å²) in [7, 11) is 3.10. The molecule has 0 spiro atoms. The van der Waals surface area contributed by atoms with E-state index >= 15 is 0 Å². The average molecular weight is 433 g/mol. The lowest BCUT2D eigenvalue weighted by atomic mass is 10.2. The van der Waals surface area contributed by atoms with Gasteiger partial charge in [0.1, 0.15) is 10.2 Å². The van der Waals surface area contributed by atoms with Gasteiger partial charge < -0.3 is 9.47 Å². The predicted molar refractivity (Wildman–Crippen MR) is 88.8 cm³/mol. The molecule has 0 aliphatic carbocycles. The lowest BCUT2D eigenvalue weighted by Gasteiger charge is -2.12. The van der Waals surface area contributed by atoms with Gasteiger partial charge >= 0.3 is 5.69 Å². The van der Waals surface area contributed by atoms with Crippen LogP contribution in [0.25, 0.3) is 0 Å². The van der Waals surface area contributed by atoms with Crippen LogP contribution in [0.5, 0.6) is 11.5 Å². The number of H-pyrrole nitrogens is 1. The van der Waals surface area contributed by atoms with Crippen molar-refractivity contribution in [2.45, 2.75) is 0 Å². The molecule has 22 heavy (non-hydrogen) atoms. The fraction of sp³-hybridized carbons (Fsp3) is 0.167. The van der Waals surface area contributed by atoms with Crippen molar-refractivity contribution < 1.29 is 9.47 Å². The maximum Gasteiger partial charge on any atom is 0.363 e. The molecule has 2 N–H and O–H groups in total. The van der Waals surface area contributed by atoms with E-state index in [2.05, 4.69) is 57.6 Å². The first-order chi connectivity index (χ1) is 10.6. The molecular formula is C12H11Br2N5O3. The molecule has 0 amide bonds. The van der Waals surface area contributed by atoms with Crippen LogP contribution in [-0.2, 0) is 0 Å². The summed E-state index contributed by atoms with van der Waals surface area (Å²) >= 11 is 6.83. The van der Waals surface area contributed by atoms with E-state index in [-0.39, 0.29) is 5.82 Å². The molecule has 1 aromatic carbocycles. The minimum atomic E-state index is -0.562. The van der Waals surface area contributed by atoms with Crippen molar-refractivity contribution in [3.05, 3.63) is 37.3 Å². The molecule has 0 atom stereocenters. The number of hydrazone groups is 1. The van der Waals surface area contributed by atoms with Crippen LogP contribution in [-0.4, -0.2) is 35.6 Å². The van der Waals surface area contributed by atoms with Crippen molar-refractivity contribution in [3.8, 4) is 11.5 Å². The molecule has 1 heterocycles. The molecule has 0 radical (unpaired) electrons. The number of hydrogen-bond donors (Lipinski definition) is 2. The zero-order chi connectivity index (χ0) is 16.1. The molecular weight excluding hydrogens is 422 g/mol. The molecule has 10 heteroatoms. The minimum absolute atomic E-state index is 0.227. The highest BCUT2D eigenvalue weighted by molar-refractivity contribution is 9.11. The highest BCUT2D eigenvalue weighted by Gasteiger charge is 2.15. The second-order valence-corrected chi connectivity index (χ2v) is 5.52. The van der Waals surface area contributed by atoms with Gasteiger partial charge in [-0.1, -0.05) is 0 Å². The standard InChI is InChI=1S/C12H11Br2N5O3/c1-21-10-6(3-7(13)11(22-2)9(10)14)4-15-18-8-5-16-19-12(20)17-8/h3-5H,1-2H3,(H2,17,18,19,20)/b15-4+. The van der Waals surface area contributed by atoms with Crippen LogP contribution in [0.3, 0.4) is 0 Å². The molecule has 116 valence electrons. The van der Waals surface area contributed by atoms with Gasteiger partial charge in [-0.05, 0) is 37.9 Å². The summed E-state index contributed by atoms with van der Waals surface area (Å²) < 4.78 is 12.0. The van der Waals surface area contributed by atoms with Crippen molar-refractivity contribution in [3.63, 3.8) is 0 Å². The molecule has 8 nitrogen and oxygen atoms in total. The molecule has 0 bridgehead atoms. The van der Waals surface area contributed by atoms with Crippen molar-refractivity contribution in [2.24, 2.45) is 5.10 Å². The third-order valence-electron chi connectivity index (χ3n) is 2.52. The Kier molecular flexibility index (Phi) is 5.50. The van der Waals surface area contributed by atoms with Crippen molar-refractivity contribution in [1.29, 1.82) is 0 Å².